The molecule has 2 amide bonds. The van der Waals surface area contributed by atoms with E-state index in [1.807, 2.05) is 9.30 Å². The summed E-state index contributed by atoms with van der Waals surface area (Å²) in [5.41, 5.74) is 3.65. The Morgan fingerprint density at radius 3 is 2.45 bits per heavy atom. The lowest BCUT2D eigenvalue weighted by molar-refractivity contribution is -0.137. The highest BCUT2D eigenvalue weighted by Crippen LogP contribution is 2.53. The van der Waals surface area contributed by atoms with Crippen molar-refractivity contribution < 1.29 is 9.59 Å². The molecule has 5 fully saturated rings. The van der Waals surface area contributed by atoms with Crippen molar-refractivity contribution in [2.45, 2.75) is 62.8 Å². The minimum Gasteiger partial charge on any atom is -0.336 e. The van der Waals surface area contributed by atoms with Gasteiger partial charge in [-0.05, 0) is 79.7 Å². The summed E-state index contributed by atoms with van der Waals surface area (Å²) in [7, 11) is 0. The molecule has 0 radical (unpaired) electrons. The molecule has 162 valence electrons. The minimum absolute atomic E-state index is 0.0699. The number of fused-ring (bicyclic) bond motifs is 2. The fourth-order valence-corrected chi connectivity index (χ4v) is 6.22. The van der Waals surface area contributed by atoms with Crippen molar-refractivity contribution in [3.8, 4) is 0 Å². The number of imidazole rings is 1. The Morgan fingerprint density at radius 2 is 1.77 bits per heavy atom. The van der Waals surface area contributed by atoms with Gasteiger partial charge in [0.25, 0.3) is 5.91 Å². The molecule has 7 heteroatoms. The second-order valence-corrected chi connectivity index (χ2v) is 10.8. The van der Waals surface area contributed by atoms with Crippen molar-refractivity contribution in [3.05, 3.63) is 34.2 Å². The maximum atomic E-state index is 13.3. The van der Waals surface area contributed by atoms with Crippen LogP contribution >= 0.6 is 11.6 Å². The number of amides is 2. The number of rotatable bonds is 4. The summed E-state index contributed by atoms with van der Waals surface area (Å²) in [5, 5.41) is 0.384. The highest BCUT2D eigenvalue weighted by atomic mass is 35.5. The van der Waals surface area contributed by atoms with Crippen molar-refractivity contribution in [1.82, 2.24) is 19.2 Å². The number of carbonyl (C=O) groups is 2. The lowest BCUT2D eigenvalue weighted by Gasteiger charge is -2.38. The standard InChI is InChI=1S/C24H27ClN4O2/c25-22-21(26-23-19(14-3-4-14)10-17(11-29(22)23)13-1-2-13)24(31)27-5-6-28(20(30)12-27)18-8-15-7-16(15)9-18/h10-11,13-16,18H,1-9,12H2. The maximum Gasteiger partial charge on any atom is 0.276 e. The van der Waals surface area contributed by atoms with E-state index >= 15 is 0 Å². The summed E-state index contributed by atoms with van der Waals surface area (Å²) in [5.74, 6) is 2.69. The van der Waals surface area contributed by atoms with Crippen LogP contribution in [0.1, 0.15) is 78.4 Å². The summed E-state index contributed by atoms with van der Waals surface area (Å²) in [6.07, 6.45) is 10.5. The Hall–Kier alpha value is -2.08. The van der Waals surface area contributed by atoms with Crippen molar-refractivity contribution in [2.75, 3.05) is 19.6 Å². The summed E-state index contributed by atoms with van der Waals surface area (Å²) < 4.78 is 1.92. The molecule has 0 N–H and O–H groups in total. The fraction of sp³-hybridized carbons (Fsp3) is 0.625. The van der Waals surface area contributed by atoms with E-state index in [9.17, 15) is 9.59 Å². The van der Waals surface area contributed by atoms with E-state index in [-0.39, 0.29) is 18.4 Å². The van der Waals surface area contributed by atoms with Gasteiger partial charge in [0.2, 0.25) is 5.91 Å². The van der Waals surface area contributed by atoms with Gasteiger partial charge in [0, 0.05) is 25.3 Å². The van der Waals surface area contributed by atoms with Crippen LogP contribution in [0.4, 0.5) is 0 Å². The molecule has 3 heterocycles. The molecular formula is C24H27ClN4O2. The molecule has 0 aromatic carbocycles. The Labute approximate surface area is 186 Å². The molecule has 7 rings (SSSR count). The predicted octanol–water partition coefficient (Wildman–Crippen LogP) is 3.83. The third-order valence-electron chi connectivity index (χ3n) is 8.18. The van der Waals surface area contributed by atoms with Gasteiger partial charge < -0.3 is 9.80 Å². The van der Waals surface area contributed by atoms with Gasteiger partial charge in [-0.3, -0.25) is 14.0 Å². The van der Waals surface area contributed by atoms with Crippen LogP contribution in [-0.2, 0) is 4.79 Å². The molecule has 2 unspecified atom stereocenters. The first-order valence-corrected chi connectivity index (χ1v) is 12.2. The molecule has 2 atom stereocenters. The van der Waals surface area contributed by atoms with Gasteiger partial charge in [-0.1, -0.05) is 17.7 Å². The van der Waals surface area contributed by atoms with E-state index < -0.39 is 0 Å². The maximum absolute atomic E-state index is 13.3. The molecule has 6 nitrogen and oxygen atoms in total. The average Bonchev–Trinajstić information content (AvgIpc) is 3.67. The Morgan fingerprint density at radius 1 is 1.03 bits per heavy atom. The topological polar surface area (TPSA) is 57.9 Å². The molecule has 1 aliphatic heterocycles. The van der Waals surface area contributed by atoms with Crippen molar-refractivity contribution in [3.63, 3.8) is 0 Å². The fourth-order valence-electron chi connectivity index (χ4n) is 5.97. The van der Waals surface area contributed by atoms with Crippen LogP contribution in [0.25, 0.3) is 5.65 Å². The summed E-state index contributed by atoms with van der Waals surface area (Å²) in [6, 6.07) is 2.67. The van der Waals surface area contributed by atoms with Crippen LogP contribution in [0.3, 0.4) is 0 Å². The molecule has 0 bridgehead atoms. The molecule has 4 aliphatic carbocycles. The molecule has 1 saturated heterocycles. The first-order valence-electron chi connectivity index (χ1n) is 11.9. The monoisotopic (exact) mass is 438 g/mol. The second kappa shape index (κ2) is 6.47. The third-order valence-corrected chi connectivity index (χ3v) is 8.54. The molecule has 5 aliphatic rings. The number of piperazine rings is 1. The lowest BCUT2D eigenvalue weighted by atomic mass is 10.1. The largest absolute Gasteiger partial charge is 0.336 e. The van der Waals surface area contributed by atoms with Gasteiger partial charge in [-0.15, -0.1) is 0 Å². The van der Waals surface area contributed by atoms with Crippen molar-refractivity contribution >= 4 is 29.1 Å². The van der Waals surface area contributed by atoms with Crippen molar-refractivity contribution in [1.29, 1.82) is 0 Å². The predicted molar refractivity (Wildman–Crippen MR) is 116 cm³/mol. The highest BCUT2D eigenvalue weighted by molar-refractivity contribution is 6.33. The number of hydrogen-bond donors (Lipinski definition) is 0. The number of aromatic nitrogens is 2. The van der Waals surface area contributed by atoms with Gasteiger partial charge in [-0.2, -0.15) is 0 Å². The number of halogens is 1. The van der Waals surface area contributed by atoms with Gasteiger partial charge in [0.05, 0.1) is 0 Å². The highest BCUT2D eigenvalue weighted by Gasteiger charge is 2.49. The van der Waals surface area contributed by atoms with Gasteiger partial charge in [0.15, 0.2) is 5.69 Å². The zero-order valence-electron chi connectivity index (χ0n) is 17.6. The Kier molecular flexibility index (Phi) is 3.86. The zero-order valence-corrected chi connectivity index (χ0v) is 18.4. The first-order chi connectivity index (χ1) is 15.1. The first kappa shape index (κ1) is 18.5. The summed E-state index contributed by atoms with van der Waals surface area (Å²) in [4.78, 5) is 34.6. The zero-order chi connectivity index (χ0) is 20.9. The molecule has 2 aromatic rings. The molecular weight excluding hydrogens is 412 g/mol. The average molecular weight is 439 g/mol. The van der Waals surface area contributed by atoms with Gasteiger partial charge >= 0.3 is 0 Å². The number of carbonyl (C=O) groups excluding carboxylic acids is 2. The minimum atomic E-state index is -0.217. The van der Waals surface area contributed by atoms with Gasteiger partial charge in [0.1, 0.15) is 17.3 Å². The van der Waals surface area contributed by atoms with E-state index in [2.05, 4.69) is 12.3 Å². The number of hydrogen-bond acceptors (Lipinski definition) is 3. The normalized spacial score (nSPS) is 30.2. The van der Waals surface area contributed by atoms with Crippen LogP contribution in [0.5, 0.6) is 0 Å². The van der Waals surface area contributed by atoms with Gasteiger partial charge in [-0.25, -0.2) is 4.98 Å². The van der Waals surface area contributed by atoms with Crippen LogP contribution in [-0.4, -0.2) is 56.7 Å². The SMILES string of the molecule is O=C(c1nc2c(C3CC3)cc(C3CC3)cn2c1Cl)N1CCN(C2CC3CC3C2)C(=O)C1. The summed E-state index contributed by atoms with van der Waals surface area (Å²) in [6.45, 7) is 1.32. The van der Waals surface area contributed by atoms with Crippen molar-refractivity contribution in [2.24, 2.45) is 11.8 Å². The van der Waals surface area contributed by atoms with E-state index in [0.717, 1.165) is 30.3 Å². The van der Waals surface area contributed by atoms with E-state index in [1.165, 1.54) is 43.2 Å². The Bertz CT molecular complexity index is 1110. The number of pyridine rings is 1. The number of nitrogens with zero attached hydrogens (tertiary/aromatic N) is 4. The molecule has 0 spiro atoms. The Balaban J connectivity index is 1.16. The van der Waals surface area contributed by atoms with E-state index in [1.54, 1.807) is 4.90 Å². The van der Waals surface area contributed by atoms with E-state index in [0.29, 0.717) is 41.8 Å². The van der Waals surface area contributed by atoms with Crippen LogP contribution < -0.4 is 0 Å². The smallest absolute Gasteiger partial charge is 0.276 e. The third kappa shape index (κ3) is 3.01. The molecule has 2 aromatic heterocycles. The second-order valence-electron chi connectivity index (χ2n) is 10.4. The molecule has 4 saturated carbocycles. The van der Waals surface area contributed by atoms with Crippen LogP contribution in [0.2, 0.25) is 5.15 Å². The lowest BCUT2D eigenvalue weighted by Crippen LogP contribution is -2.55. The van der Waals surface area contributed by atoms with E-state index in [4.69, 9.17) is 16.6 Å². The van der Waals surface area contributed by atoms with Crippen LogP contribution in [0, 0.1) is 11.8 Å². The van der Waals surface area contributed by atoms with Crippen LogP contribution in [0.15, 0.2) is 12.3 Å². The quantitative estimate of drug-likeness (QED) is 0.729. The summed E-state index contributed by atoms with van der Waals surface area (Å²) >= 11 is 6.71. The molecule has 31 heavy (non-hydrogen) atoms.